The normalized spacial score (nSPS) is 10.2. The second kappa shape index (κ2) is 5.16. The van der Waals surface area contributed by atoms with Crippen molar-refractivity contribution in [3.8, 4) is 6.07 Å². The van der Waals surface area contributed by atoms with E-state index in [0.29, 0.717) is 11.4 Å². The van der Waals surface area contributed by atoms with Crippen LogP contribution in [-0.4, -0.2) is 9.97 Å². The Labute approximate surface area is 120 Å². The topological polar surface area (TPSA) is 61.6 Å². The van der Waals surface area contributed by atoms with Crippen molar-refractivity contribution in [1.82, 2.24) is 9.97 Å². The number of anilines is 2. The van der Waals surface area contributed by atoms with Gasteiger partial charge in [-0.05, 0) is 48.0 Å². The molecule has 0 unspecified atom stereocenters. The van der Waals surface area contributed by atoms with Crippen molar-refractivity contribution in [2.75, 3.05) is 5.32 Å². The lowest BCUT2D eigenvalue weighted by molar-refractivity contribution is 1.22. The number of benzene rings is 2. The van der Waals surface area contributed by atoms with E-state index in [4.69, 9.17) is 16.9 Å². The average molecular weight is 281 g/mol. The summed E-state index contributed by atoms with van der Waals surface area (Å²) in [5, 5.41) is 13.1. The summed E-state index contributed by atoms with van der Waals surface area (Å²) in [5.74, 6) is 0.644. The molecule has 0 saturated carbocycles. The van der Waals surface area contributed by atoms with Crippen molar-refractivity contribution in [1.29, 1.82) is 5.26 Å². The molecule has 96 valence electrons. The summed E-state index contributed by atoms with van der Waals surface area (Å²) in [6, 6.07) is 16.8. The van der Waals surface area contributed by atoms with Gasteiger partial charge in [0.1, 0.15) is 5.82 Å². The smallest absolute Gasteiger partial charge is 0.224 e. The first-order chi connectivity index (χ1) is 9.76. The van der Waals surface area contributed by atoms with Gasteiger partial charge in [0.2, 0.25) is 5.28 Å². The van der Waals surface area contributed by atoms with Crippen molar-refractivity contribution >= 4 is 34.0 Å². The van der Waals surface area contributed by atoms with Crippen LogP contribution in [0.4, 0.5) is 11.5 Å². The molecule has 0 aliphatic rings. The number of nitrogens with one attached hydrogen (secondary N) is 1. The van der Waals surface area contributed by atoms with Crippen LogP contribution in [0.15, 0.2) is 48.5 Å². The average Bonchev–Trinajstić information content (AvgIpc) is 2.48. The Bertz CT molecular complexity index is 806. The molecular formula is C15H9ClN4. The molecular weight excluding hydrogens is 272 g/mol. The first-order valence-corrected chi connectivity index (χ1v) is 6.33. The molecule has 2 aromatic carbocycles. The zero-order valence-corrected chi connectivity index (χ0v) is 11.1. The van der Waals surface area contributed by atoms with E-state index >= 15 is 0 Å². The highest BCUT2D eigenvalue weighted by atomic mass is 35.5. The van der Waals surface area contributed by atoms with E-state index in [-0.39, 0.29) is 5.28 Å². The third-order valence-electron chi connectivity index (χ3n) is 2.85. The standard InChI is InChI=1S/C15H9ClN4/c16-15-19-13-4-2-1-3-12(13)14(20-15)18-11-7-5-10(9-17)6-8-11/h1-8H,(H,18,19,20). The first kappa shape index (κ1) is 12.4. The third kappa shape index (κ3) is 2.40. The van der Waals surface area contributed by atoms with Crippen LogP contribution >= 0.6 is 11.6 Å². The van der Waals surface area contributed by atoms with Crippen molar-refractivity contribution in [3.05, 3.63) is 59.4 Å². The monoisotopic (exact) mass is 280 g/mol. The van der Waals surface area contributed by atoms with Gasteiger partial charge in [0.15, 0.2) is 0 Å². The number of halogens is 1. The van der Waals surface area contributed by atoms with Gasteiger partial charge < -0.3 is 5.32 Å². The van der Waals surface area contributed by atoms with Crippen LogP contribution in [0, 0.1) is 11.3 Å². The lowest BCUT2D eigenvalue weighted by Crippen LogP contribution is -1.97. The van der Waals surface area contributed by atoms with E-state index in [1.54, 1.807) is 12.1 Å². The number of nitrogens with zero attached hydrogens (tertiary/aromatic N) is 3. The predicted octanol–water partition coefficient (Wildman–Crippen LogP) is 3.90. The molecule has 20 heavy (non-hydrogen) atoms. The fraction of sp³-hybridized carbons (Fsp3) is 0. The van der Waals surface area contributed by atoms with Crippen LogP contribution in [0.25, 0.3) is 10.9 Å². The molecule has 0 aliphatic heterocycles. The van der Waals surface area contributed by atoms with Crippen molar-refractivity contribution < 1.29 is 0 Å². The summed E-state index contributed by atoms with van der Waals surface area (Å²) in [6.45, 7) is 0. The molecule has 1 heterocycles. The van der Waals surface area contributed by atoms with Crippen molar-refractivity contribution in [2.45, 2.75) is 0 Å². The number of aromatic nitrogens is 2. The summed E-state index contributed by atoms with van der Waals surface area (Å²) < 4.78 is 0. The summed E-state index contributed by atoms with van der Waals surface area (Å²) in [4.78, 5) is 8.39. The molecule has 5 heteroatoms. The van der Waals surface area contributed by atoms with Crippen LogP contribution in [0.1, 0.15) is 5.56 Å². The first-order valence-electron chi connectivity index (χ1n) is 5.96. The van der Waals surface area contributed by atoms with Gasteiger partial charge >= 0.3 is 0 Å². The van der Waals surface area contributed by atoms with Crippen LogP contribution in [0.5, 0.6) is 0 Å². The third-order valence-corrected chi connectivity index (χ3v) is 3.02. The number of fused-ring (bicyclic) bond motifs is 1. The van der Waals surface area contributed by atoms with E-state index in [9.17, 15) is 0 Å². The summed E-state index contributed by atoms with van der Waals surface area (Å²) in [7, 11) is 0. The molecule has 0 fully saturated rings. The van der Waals surface area contributed by atoms with E-state index in [2.05, 4.69) is 21.4 Å². The molecule has 4 nitrogen and oxygen atoms in total. The molecule has 3 aromatic rings. The van der Waals surface area contributed by atoms with Crippen LogP contribution in [-0.2, 0) is 0 Å². The quantitative estimate of drug-likeness (QED) is 0.723. The Morgan fingerprint density at radius 2 is 1.75 bits per heavy atom. The Morgan fingerprint density at radius 3 is 2.50 bits per heavy atom. The maximum atomic E-state index is 8.79. The number of rotatable bonds is 2. The van der Waals surface area contributed by atoms with Gasteiger partial charge in [0, 0.05) is 11.1 Å². The van der Waals surface area contributed by atoms with Gasteiger partial charge in [0.25, 0.3) is 0 Å². The summed E-state index contributed by atoms with van der Waals surface area (Å²) in [5.41, 5.74) is 2.23. The minimum Gasteiger partial charge on any atom is -0.340 e. The highest BCUT2D eigenvalue weighted by molar-refractivity contribution is 6.28. The summed E-state index contributed by atoms with van der Waals surface area (Å²) >= 11 is 5.93. The minimum atomic E-state index is 0.194. The highest BCUT2D eigenvalue weighted by Gasteiger charge is 2.06. The molecule has 0 saturated heterocycles. The maximum absolute atomic E-state index is 8.79. The fourth-order valence-electron chi connectivity index (χ4n) is 1.91. The van der Waals surface area contributed by atoms with Crippen LogP contribution in [0.3, 0.4) is 0 Å². The number of hydrogen-bond acceptors (Lipinski definition) is 4. The van der Waals surface area contributed by atoms with Crippen molar-refractivity contribution in [3.63, 3.8) is 0 Å². The lowest BCUT2D eigenvalue weighted by Gasteiger charge is -2.08. The molecule has 1 N–H and O–H groups in total. The molecule has 3 rings (SSSR count). The Kier molecular flexibility index (Phi) is 3.20. The van der Waals surface area contributed by atoms with Crippen LogP contribution < -0.4 is 5.32 Å². The Balaban J connectivity index is 2.03. The van der Waals surface area contributed by atoms with Gasteiger partial charge in [-0.25, -0.2) is 4.98 Å². The van der Waals surface area contributed by atoms with E-state index in [1.165, 1.54) is 0 Å². The minimum absolute atomic E-state index is 0.194. The van der Waals surface area contributed by atoms with Gasteiger partial charge in [-0.1, -0.05) is 12.1 Å². The molecule has 0 aliphatic carbocycles. The van der Waals surface area contributed by atoms with E-state index in [0.717, 1.165) is 16.6 Å². The van der Waals surface area contributed by atoms with Gasteiger partial charge in [0.05, 0.1) is 17.1 Å². The number of hydrogen-bond donors (Lipinski definition) is 1. The lowest BCUT2D eigenvalue weighted by atomic mass is 10.2. The Hall–Kier alpha value is -2.64. The van der Waals surface area contributed by atoms with Crippen molar-refractivity contribution in [2.24, 2.45) is 0 Å². The zero-order valence-electron chi connectivity index (χ0n) is 10.3. The molecule has 0 amide bonds. The molecule has 1 aromatic heterocycles. The summed E-state index contributed by atoms with van der Waals surface area (Å²) in [6.07, 6.45) is 0. The second-order valence-electron chi connectivity index (χ2n) is 4.17. The second-order valence-corrected chi connectivity index (χ2v) is 4.51. The molecule has 0 atom stereocenters. The maximum Gasteiger partial charge on any atom is 0.224 e. The van der Waals surface area contributed by atoms with E-state index < -0.39 is 0 Å². The predicted molar refractivity (Wildman–Crippen MR) is 79.0 cm³/mol. The largest absolute Gasteiger partial charge is 0.340 e. The molecule has 0 spiro atoms. The Morgan fingerprint density at radius 1 is 1.00 bits per heavy atom. The fourth-order valence-corrected chi connectivity index (χ4v) is 2.08. The number of para-hydroxylation sites is 1. The SMILES string of the molecule is N#Cc1ccc(Nc2nc(Cl)nc3ccccc23)cc1. The van der Waals surface area contributed by atoms with Crippen LogP contribution in [0.2, 0.25) is 5.28 Å². The van der Waals surface area contributed by atoms with Gasteiger partial charge in [-0.3, -0.25) is 0 Å². The zero-order chi connectivity index (χ0) is 13.9. The van der Waals surface area contributed by atoms with Gasteiger partial charge in [-0.2, -0.15) is 10.2 Å². The molecule has 0 bridgehead atoms. The highest BCUT2D eigenvalue weighted by Crippen LogP contribution is 2.25. The number of nitriles is 1. The van der Waals surface area contributed by atoms with E-state index in [1.807, 2.05) is 36.4 Å². The van der Waals surface area contributed by atoms with Gasteiger partial charge in [-0.15, -0.1) is 0 Å². The molecule has 0 radical (unpaired) electrons.